The van der Waals surface area contributed by atoms with E-state index in [1.807, 2.05) is 26.0 Å². The molecule has 1 aliphatic carbocycles. The quantitative estimate of drug-likeness (QED) is 0.561. The molecule has 8 nitrogen and oxygen atoms in total. The summed E-state index contributed by atoms with van der Waals surface area (Å²) in [4.78, 5) is 17.0. The predicted octanol–water partition coefficient (Wildman–Crippen LogP) is 3.84. The molecule has 0 radical (unpaired) electrons. The van der Waals surface area contributed by atoms with Crippen molar-refractivity contribution in [1.82, 2.24) is 14.9 Å². The second kappa shape index (κ2) is 8.48. The van der Waals surface area contributed by atoms with Gasteiger partial charge >= 0.3 is 0 Å². The molecule has 0 aliphatic heterocycles. The molecular weight excluding hydrogens is 428 g/mol. The molecule has 2 aromatic carbocycles. The zero-order chi connectivity index (χ0) is 23.0. The highest BCUT2D eigenvalue weighted by Gasteiger charge is 2.30. The Morgan fingerprint density at radius 1 is 1.06 bits per heavy atom. The molecule has 0 saturated heterocycles. The van der Waals surface area contributed by atoms with Crippen LogP contribution in [0.1, 0.15) is 48.3 Å². The van der Waals surface area contributed by atoms with Crippen LogP contribution in [0, 0.1) is 20.8 Å². The van der Waals surface area contributed by atoms with Crippen molar-refractivity contribution in [3.05, 3.63) is 59.0 Å². The minimum atomic E-state index is -3.97. The van der Waals surface area contributed by atoms with Crippen LogP contribution in [0.3, 0.4) is 0 Å². The SMILES string of the molecule is Cc1ccc(NC(=O)[C@@H](C)NS(=O)(=O)c2cc(-c3noc(C4CC4)n3)ccc2C)cc1C. The fourth-order valence-electron chi connectivity index (χ4n) is 3.30. The van der Waals surface area contributed by atoms with Gasteiger partial charge in [-0.1, -0.05) is 23.4 Å². The zero-order valence-electron chi connectivity index (χ0n) is 18.5. The van der Waals surface area contributed by atoms with Crippen LogP contribution in [0.15, 0.2) is 45.8 Å². The van der Waals surface area contributed by atoms with Gasteiger partial charge in [0.1, 0.15) is 0 Å². The van der Waals surface area contributed by atoms with Gasteiger partial charge in [-0.15, -0.1) is 0 Å². The Balaban J connectivity index is 1.51. The maximum Gasteiger partial charge on any atom is 0.242 e. The number of amides is 1. The van der Waals surface area contributed by atoms with Crippen molar-refractivity contribution < 1.29 is 17.7 Å². The molecule has 9 heteroatoms. The average molecular weight is 455 g/mol. The summed E-state index contributed by atoms with van der Waals surface area (Å²) >= 11 is 0. The third kappa shape index (κ3) is 4.73. The summed E-state index contributed by atoms with van der Waals surface area (Å²) in [5, 5.41) is 6.74. The van der Waals surface area contributed by atoms with Gasteiger partial charge in [-0.3, -0.25) is 4.79 Å². The lowest BCUT2D eigenvalue weighted by Crippen LogP contribution is -2.41. The number of aromatic nitrogens is 2. The number of hydrogen-bond acceptors (Lipinski definition) is 6. The molecule has 0 bridgehead atoms. The third-order valence-electron chi connectivity index (χ3n) is 5.60. The fourth-order valence-corrected chi connectivity index (χ4v) is 4.77. The number of rotatable bonds is 7. The van der Waals surface area contributed by atoms with E-state index in [4.69, 9.17) is 4.52 Å². The number of nitrogens with one attached hydrogen (secondary N) is 2. The lowest BCUT2D eigenvalue weighted by Gasteiger charge is -2.16. The summed E-state index contributed by atoms with van der Waals surface area (Å²) in [5.41, 5.74) is 3.85. The third-order valence-corrected chi connectivity index (χ3v) is 7.29. The molecule has 1 aromatic heterocycles. The van der Waals surface area contributed by atoms with Gasteiger partial charge in [0.2, 0.25) is 27.6 Å². The molecule has 1 atom stereocenters. The number of carbonyl (C=O) groups excluding carboxylic acids is 1. The number of carbonyl (C=O) groups is 1. The second-order valence-electron chi connectivity index (χ2n) is 8.34. The summed E-state index contributed by atoms with van der Waals surface area (Å²) in [5.74, 6) is 0.796. The normalized spacial score (nSPS) is 14.9. The number of nitrogens with zero attached hydrogens (tertiary/aromatic N) is 2. The van der Waals surface area contributed by atoms with Gasteiger partial charge in [0.25, 0.3) is 0 Å². The Bertz CT molecular complexity index is 1280. The van der Waals surface area contributed by atoms with Crippen molar-refractivity contribution in [3.63, 3.8) is 0 Å². The van der Waals surface area contributed by atoms with Crippen molar-refractivity contribution in [3.8, 4) is 11.4 Å². The first-order chi connectivity index (χ1) is 15.1. The molecule has 168 valence electrons. The summed E-state index contributed by atoms with van der Waals surface area (Å²) < 4.78 is 33.9. The summed E-state index contributed by atoms with van der Waals surface area (Å²) in [6.45, 7) is 7.14. The summed E-state index contributed by atoms with van der Waals surface area (Å²) in [6, 6.07) is 9.52. The van der Waals surface area contributed by atoms with Crippen molar-refractivity contribution in [2.75, 3.05) is 5.32 Å². The largest absolute Gasteiger partial charge is 0.339 e. The van der Waals surface area contributed by atoms with Gasteiger partial charge in [-0.2, -0.15) is 9.71 Å². The highest BCUT2D eigenvalue weighted by atomic mass is 32.2. The topological polar surface area (TPSA) is 114 Å². The van der Waals surface area contributed by atoms with Gasteiger partial charge in [0.15, 0.2) is 0 Å². The van der Waals surface area contributed by atoms with Crippen LogP contribution in [0.25, 0.3) is 11.4 Å². The van der Waals surface area contributed by atoms with E-state index in [9.17, 15) is 13.2 Å². The first-order valence-corrected chi connectivity index (χ1v) is 12.0. The lowest BCUT2D eigenvalue weighted by molar-refractivity contribution is -0.117. The molecule has 1 fully saturated rings. The second-order valence-corrected chi connectivity index (χ2v) is 10.0. The van der Waals surface area contributed by atoms with E-state index < -0.39 is 22.0 Å². The fraction of sp³-hybridized carbons (Fsp3) is 0.348. The van der Waals surface area contributed by atoms with Crippen LogP contribution in [0.5, 0.6) is 0 Å². The minimum absolute atomic E-state index is 0.0682. The van der Waals surface area contributed by atoms with E-state index in [0.29, 0.717) is 34.4 Å². The molecule has 0 spiro atoms. The Hall–Kier alpha value is -3.04. The molecule has 2 N–H and O–H groups in total. The zero-order valence-corrected chi connectivity index (χ0v) is 19.3. The Labute approximate surface area is 187 Å². The van der Waals surface area contributed by atoms with E-state index in [-0.39, 0.29) is 4.90 Å². The van der Waals surface area contributed by atoms with Crippen LogP contribution in [0.4, 0.5) is 5.69 Å². The standard InChI is InChI=1S/C23H26N4O4S/c1-13-6-10-19(11-15(13)3)24-22(28)16(4)27-32(29,30)20-12-18(7-5-14(20)2)21-25-23(31-26-21)17-8-9-17/h5-7,10-12,16-17,27H,8-9H2,1-4H3,(H,24,28)/t16-/m1/s1. The van der Waals surface area contributed by atoms with E-state index in [2.05, 4.69) is 20.2 Å². The van der Waals surface area contributed by atoms with Crippen LogP contribution in [0.2, 0.25) is 0 Å². The van der Waals surface area contributed by atoms with E-state index >= 15 is 0 Å². The number of anilines is 1. The molecule has 32 heavy (non-hydrogen) atoms. The Kier molecular flexibility index (Phi) is 5.87. The summed E-state index contributed by atoms with van der Waals surface area (Å²) in [6.07, 6.45) is 2.06. The minimum Gasteiger partial charge on any atom is -0.339 e. The molecule has 1 saturated carbocycles. The molecular formula is C23H26N4O4S. The first kappa shape index (κ1) is 22.2. The van der Waals surface area contributed by atoms with E-state index in [1.54, 1.807) is 25.1 Å². The van der Waals surface area contributed by atoms with Crippen LogP contribution < -0.4 is 10.0 Å². The van der Waals surface area contributed by atoms with Crippen molar-refractivity contribution in [2.24, 2.45) is 0 Å². The maximum absolute atomic E-state index is 13.1. The molecule has 1 amide bonds. The molecule has 4 rings (SSSR count). The number of sulfonamides is 1. The van der Waals surface area contributed by atoms with Crippen molar-refractivity contribution >= 4 is 21.6 Å². The van der Waals surface area contributed by atoms with Gasteiger partial charge in [-0.05, 0) is 75.4 Å². The Morgan fingerprint density at radius 2 is 1.78 bits per heavy atom. The molecule has 0 unspecified atom stereocenters. The predicted molar refractivity (Wildman–Crippen MR) is 121 cm³/mol. The molecule has 3 aromatic rings. The van der Waals surface area contributed by atoms with E-state index in [0.717, 1.165) is 24.0 Å². The number of aryl methyl sites for hydroxylation is 3. The van der Waals surface area contributed by atoms with Gasteiger partial charge in [-0.25, -0.2) is 8.42 Å². The molecule has 1 aliphatic rings. The number of benzene rings is 2. The van der Waals surface area contributed by atoms with Crippen molar-refractivity contribution in [2.45, 2.75) is 57.4 Å². The highest BCUT2D eigenvalue weighted by Crippen LogP contribution is 2.39. The average Bonchev–Trinajstić information content (AvgIpc) is 3.47. The monoisotopic (exact) mass is 454 g/mol. The van der Waals surface area contributed by atoms with E-state index in [1.165, 1.54) is 13.0 Å². The summed E-state index contributed by atoms with van der Waals surface area (Å²) in [7, 11) is -3.97. The Morgan fingerprint density at radius 3 is 2.47 bits per heavy atom. The maximum atomic E-state index is 13.1. The van der Waals surface area contributed by atoms with Crippen molar-refractivity contribution in [1.29, 1.82) is 0 Å². The lowest BCUT2D eigenvalue weighted by atomic mass is 10.1. The van der Waals surface area contributed by atoms with Crippen LogP contribution in [-0.4, -0.2) is 30.5 Å². The smallest absolute Gasteiger partial charge is 0.242 e. The highest BCUT2D eigenvalue weighted by molar-refractivity contribution is 7.89. The van der Waals surface area contributed by atoms with Crippen LogP contribution in [-0.2, 0) is 14.8 Å². The van der Waals surface area contributed by atoms with Gasteiger partial charge < -0.3 is 9.84 Å². The van der Waals surface area contributed by atoms with Crippen LogP contribution >= 0.6 is 0 Å². The van der Waals surface area contributed by atoms with Gasteiger partial charge in [0.05, 0.1) is 10.9 Å². The first-order valence-electron chi connectivity index (χ1n) is 10.5. The molecule has 1 heterocycles. The van der Waals surface area contributed by atoms with Gasteiger partial charge in [0, 0.05) is 17.2 Å². The number of hydrogen-bond donors (Lipinski definition) is 2.